The van der Waals surface area contributed by atoms with Crippen LogP contribution in [0.15, 0.2) is 30.5 Å². The van der Waals surface area contributed by atoms with Gasteiger partial charge in [0.15, 0.2) is 0 Å². The van der Waals surface area contributed by atoms with Crippen LogP contribution in [-0.4, -0.2) is 15.6 Å². The summed E-state index contributed by atoms with van der Waals surface area (Å²) < 4.78 is 1.79. The van der Waals surface area contributed by atoms with Gasteiger partial charge in [-0.2, -0.15) is 0 Å². The van der Waals surface area contributed by atoms with E-state index >= 15 is 0 Å². The Balaban J connectivity index is 0.000000686. The number of carbonyl (C=O) groups is 2. The Morgan fingerprint density at radius 1 is 1.18 bits per heavy atom. The highest BCUT2D eigenvalue weighted by molar-refractivity contribution is 6.83. The van der Waals surface area contributed by atoms with Crippen LogP contribution in [0.5, 0.6) is 0 Å². The summed E-state index contributed by atoms with van der Waals surface area (Å²) in [6.45, 7) is 4.00. The van der Waals surface area contributed by atoms with Crippen LogP contribution in [0.3, 0.4) is 0 Å². The number of aryl methyl sites for hydroxylation is 1. The van der Waals surface area contributed by atoms with E-state index in [2.05, 4.69) is 0 Å². The summed E-state index contributed by atoms with van der Waals surface area (Å²) in [5.74, 6) is -0.659. The third-order valence-corrected chi connectivity index (χ3v) is 2.49. The number of fused-ring (bicyclic) bond motifs is 1. The van der Waals surface area contributed by atoms with Gasteiger partial charge in [0.25, 0.3) is 5.24 Å². The number of carbonyl (C=O) groups excluding carboxylic acids is 2. The van der Waals surface area contributed by atoms with Gasteiger partial charge in [0.2, 0.25) is 5.78 Å². The molecular weight excluding hydrogens is 238 g/mol. The Kier molecular flexibility index (Phi) is 4.46. The molecule has 0 radical (unpaired) electrons. The fraction of sp³-hybridized carbons (Fsp3) is 0.231. The van der Waals surface area contributed by atoms with Crippen molar-refractivity contribution in [3.8, 4) is 0 Å². The number of para-hydroxylation sites is 1. The van der Waals surface area contributed by atoms with Gasteiger partial charge in [-0.25, -0.2) is 0 Å². The smallest absolute Gasteiger partial charge is 0.293 e. The topological polar surface area (TPSA) is 39.1 Å². The molecule has 0 aliphatic carbocycles. The van der Waals surface area contributed by atoms with Gasteiger partial charge >= 0.3 is 0 Å². The minimum atomic E-state index is -0.952. The molecule has 0 amide bonds. The highest BCUT2D eigenvalue weighted by Crippen LogP contribution is 2.21. The van der Waals surface area contributed by atoms with Crippen LogP contribution in [0.25, 0.3) is 10.9 Å². The second-order valence-electron chi connectivity index (χ2n) is 3.27. The van der Waals surface area contributed by atoms with Gasteiger partial charge in [0, 0.05) is 24.1 Å². The highest BCUT2D eigenvalue weighted by atomic mass is 35.5. The van der Waals surface area contributed by atoms with Crippen molar-refractivity contribution in [2.45, 2.75) is 13.8 Å². The van der Waals surface area contributed by atoms with E-state index in [1.165, 1.54) is 0 Å². The van der Waals surface area contributed by atoms with Crippen LogP contribution in [0.2, 0.25) is 0 Å². The maximum atomic E-state index is 11.5. The predicted octanol–water partition coefficient (Wildman–Crippen LogP) is 3.15. The number of aromatic nitrogens is 1. The molecule has 90 valence electrons. The van der Waals surface area contributed by atoms with Crippen molar-refractivity contribution in [3.63, 3.8) is 0 Å². The van der Waals surface area contributed by atoms with Gasteiger partial charge < -0.3 is 4.57 Å². The zero-order chi connectivity index (χ0) is 13.0. The van der Waals surface area contributed by atoms with E-state index in [-0.39, 0.29) is 0 Å². The van der Waals surface area contributed by atoms with E-state index in [1.807, 2.05) is 39.1 Å². The van der Waals surface area contributed by atoms with Crippen molar-refractivity contribution in [2.75, 3.05) is 0 Å². The lowest BCUT2D eigenvalue weighted by Crippen LogP contribution is -2.06. The number of Topliss-reactive ketones (excluding diaryl/α,β-unsaturated/α-hetero) is 1. The Morgan fingerprint density at radius 2 is 1.76 bits per heavy atom. The molecule has 0 N–H and O–H groups in total. The van der Waals surface area contributed by atoms with Crippen LogP contribution in [-0.2, 0) is 11.8 Å². The van der Waals surface area contributed by atoms with Crippen molar-refractivity contribution in [3.05, 3.63) is 36.0 Å². The summed E-state index contributed by atoms with van der Waals surface area (Å²) in [5.41, 5.74) is 1.26. The standard InChI is InChI=1S/C11H8ClNO2.C2H6/c1-13-6-8(10(14)11(12)15)7-4-2-3-5-9(7)13;1-2/h2-6H,1H3;1-2H3. The number of nitrogens with zero attached hydrogens (tertiary/aromatic N) is 1. The van der Waals surface area contributed by atoms with Crippen molar-refractivity contribution in [2.24, 2.45) is 7.05 Å². The normalized spacial score (nSPS) is 9.65. The van der Waals surface area contributed by atoms with Crippen molar-refractivity contribution >= 4 is 33.5 Å². The van der Waals surface area contributed by atoms with E-state index in [4.69, 9.17) is 11.6 Å². The number of hydrogen-bond acceptors (Lipinski definition) is 2. The molecule has 1 aromatic heterocycles. The molecule has 0 atom stereocenters. The molecule has 2 aromatic rings. The van der Waals surface area contributed by atoms with E-state index < -0.39 is 11.0 Å². The minimum absolute atomic E-state index is 0.355. The zero-order valence-corrected chi connectivity index (χ0v) is 10.8. The molecule has 0 bridgehead atoms. The molecule has 2 rings (SSSR count). The summed E-state index contributed by atoms with van der Waals surface area (Å²) in [7, 11) is 1.82. The lowest BCUT2D eigenvalue weighted by molar-refractivity contribution is -0.108. The van der Waals surface area contributed by atoms with Crippen molar-refractivity contribution in [1.29, 1.82) is 0 Å². The van der Waals surface area contributed by atoms with Gasteiger partial charge in [-0.15, -0.1) is 0 Å². The number of halogens is 1. The van der Waals surface area contributed by atoms with Crippen LogP contribution in [0.4, 0.5) is 0 Å². The molecule has 3 nitrogen and oxygen atoms in total. The first-order chi connectivity index (χ1) is 8.11. The molecule has 1 heterocycles. The largest absolute Gasteiger partial charge is 0.350 e. The second kappa shape index (κ2) is 5.64. The molecule has 0 saturated heterocycles. The SMILES string of the molecule is CC.Cn1cc(C(=O)C(=O)Cl)c2ccccc21. The van der Waals surface area contributed by atoms with Crippen LogP contribution in [0.1, 0.15) is 24.2 Å². The molecule has 1 aromatic carbocycles. The molecule has 0 aliphatic rings. The number of hydrogen-bond donors (Lipinski definition) is 0. The van der Waals surface area contributed by atoms with Gasteiger partial charge in [-0.05, 0) is 17.7 Å². The average molecular weight is 252 g/mol. The summed E-state index contributed by atoms with van der Waals surface area (Å²) in [6.07, 6.45) is 1.62. The third-order valence-electron chi connectivity index (χ3n) is 2.32. The maximum absolute atomic E-state index is 11.5. The average Bonchev–Trinajstić information content (AvgIpc) is 2.69. The molecule has 0 unspecified atom stereocenters. The van der Waals surface area contributed by atoms with Gasteiger partial charge in [-0.1, -0.05) is 32.0 Å². The molecule has 0 spiro atoms. The van der Waals surface area contributed by atoms with E-state index in [0.717, 1.165) is 10.9 Å². The Labute approximate surface area is 105 Å². The lowest BCUT2D eigenvalue weighted by atomic mass is 10.1. The highest BCUT2D eigenvalue weighted by Gasteiger charge is 2.18. The summed E-state index contributed by atoms with van der Waals surface area (Å²) in [4.78, 5) is 22.3. The molecule has 0 fully saturated rings. The first-order valence-corrected chi connectivity index (χ1v) is 5.77. The van der Waals surface area contributed by atoms with E-state index in [1.54, 1.807) is 16.8 Å². The fourth-order valence-electron chi connectivity index (χ4n) is 1.63. The monoisotopic (exact) mass is 251 g/mol. The van der Waals surface area contributed by atoms with E-state index in [0.29, 0.717) is 5.56 Å². The van der Waals surface area contributed by atoms with Crippen molar-refractivity contribution in [1.82, 2.24) is 4.57 Å². The third kappa shape index (κ3) is 2.56. The zero-order valence-electron chi connectivity index (χ0n) is 10.0. The summed E-state index contributed by atoms with van der Waals surface area (Å²) in [5, 5.41) is -0.203. The summed E-state index contributed by atoms with van der Waals surface area (Å²) >= 11 is 5.17. The first-order valence-electron chi connectivity index (χ1n) is 5.39. The Morgan fingerprint density at radius 3 is 2.35 bits per heavy atom. The quantitative estimate of drug-likeness (QED) is 0.467. The molecule has 0 aliphatic heterocycles. The second-order valence-corrected chi connectivity index (χ2v) is 3.62. The Hall–Kier alpha value is -1.61. The number of ketones is 1. The first kappa shape index (κ1) is 13.5. The molecule has 4 heteroatoms. The van der Waals surface area contributed by atoms with Gasteiger partial charge in [-0.3, -0.25) is 9.59 Å². The Bertz CT molecular complexity index is 558. The minimum Gasteiger partial charge on any atom is -0.350 e. The van der Waals surface area contributed by atoms with Gasteiger partial charge in [0.1, 0.15) is 0 Å². The molecule has 0 saturated carbocycles. The summed E-state index contributed by atoms with van der Waals surface area (Å²) in [6, 6.07) is 7.37. The van der Waals surface area contributed by atoms with Crippen LogP contribution < -0.4 is 0 Å². The maximum Gasteiger partial charge on any atom is 0.293 e. The van der Waals surface area contributed by atoms with Crippen LogP contribution >= 0.6 is 11.6 Å². The lowest BCUT2D eigenvalue weighted by Gasteiger charge is -1.93. The molecular formula is C13H14ClNO2. The van der Waals surface area contributed by atoms with Gasteiger partial charge in [0.05, 0.1) is 5.56 Å². The predicted molar refractivity (Wildman–Crippen MR) is 69.5 cm³/mol. The molecule has 17 heavy (non-hydrogen) atoms. The van der Waals surface area contributed by atoms with Crippen molar-refractivity contribution < 1.29 is 9.59 Å². The van der Waals surface area contributed by atoms with Crippen LogP contribution in [0, 0.1) is 0 Å². The fourth-order valence-corrected chi connectivity index (χ4v) is 1.73. The van der Waals surface area contributed by atoms with E-state index in [9.17, 15) is 9.59 Å². The number of benzene rings is 1. The number of rotatable bonds is 2.